The van der Waals surface area contributed by atoms with Gasteiger partial charge in [0.1, 0.15) is 12.2 Å². The van der Waals surface area contributed by atoms with E-state index in [1.54, 1.807) is 0 Å². The van der Waals surface area contributed by atoms with Gasteiger partial charge in [0.05, 0.1) is 99.1 Å². The average Bonchev–Trinajstić information content (AvgIpc) is 3.39. The number of rotatable bonds is 31. The van der Waals surface area contributed by atoms with Gasteiger partial charge in [0.25, 0.3) is 0 Å². The summed E-state index contributed by atoms with van der Waals surface area (Å²) in [6.07, 6.45) is 6.62. The summed E-state index contributed by atoms with van der Waals surface area (Å²) in [6.45, 7) is 13.0. The van der Waals surface area contributed by atoms with Crippen molar-refractivity contribution in [2.24, 2.45) is 0 Å². The van der Waals surface area contributed by atoms with Crippen molar-refractivity contribution in [3.05, 3.63) is 12.2 Å². The third-order valence-electron chi connectivity index (χ3n) is 5.77. The molecule has 250 valence electrons. The van der Waals surface area contributed by atoms with Gasteiger partial charge >= 0.3 is 10.4 Å². The van der Waals surface area contributed by atoms with Gasteiger partial charge in [-0.05, 0) is 19.8 Å². The van der Waals surface area contributed by atoms with Crippen molar-refractivity contribution in [1.29, 1.82) is 0 Å². The molecule has 1 heterocycles. The lowest BCUT2D eigenvalue weighted by atomic mass is 10.1. The molecule has 13 nitrogen and oxygen atoms in total. The summed E-state index contributed by atoms with van der Waals surface area (Å²) in [6, 6.07) is 0. The highest BCUT2D eigenvalue weighted by atomic mass is 32.3. The van der Waals surface area contributed by atoms with Crippen molar-refractivity contribution in [3.63, 3.8) is 0 Å². The zero-order valence-corrected chi connectivity index (χ0v) is 26.4. The van der Waals surface area contributed by atoms with Crippen molar-refractivity contribution in [1.82, 2.24) is 0 Å². The molecular weight excluding hydrogens is 576 g/mol. The first-order valence-corrected chi connectivity index (χ1v) is 16.3. The molecule has 0 spiro atoms. The topological polar surface area (TPSA) is 147 Å². The van der Waals surface area contributed by atoms with E-state index in [1.807, 2.05) is 6.92 Å². The van der Waals surface area contributed by atoms with Gasteiger partial charge in [-0.15, -0.1) is 0 Å². The minimum atomic E-state index is -4.43. The highest BCUT2D eigenvalue weighted by Crippen LogP contribution is 2.18. The van der Waals surface area contributed by atoms with Gasteiger partial charge in [-0.3, -0.25) is 4.55 Å². The summed E-state index contributed by atoms with van der Waals surface area (Å²) in [5.74, 6) is 0. The van der Waals surface area contributed by atoms with E-state index in [2.05, 4.69) is 17.7 Å². The SMILES string of the molecule is C=C(C)COCC(COCC1COC(CCCCCCC)O1)OCCOCCOCCOCCOCCOS(=O)(=O)O. The second-order valence-electron chi connectivity index (χ2n) is 9.93. The van der Waals surface area contributed by atoms with E-state index >= 15 is 0 Å². The molecule has 0 amide bonds. The van der Waals surface area contributed by atoms with Gasteiger partial charge in [-0.2, -0.15) is 8.42 Å². The van der Waals surface area contributed by atoms with Crippen molar-refractivity contribution in [2.75, 3.05) is 99.1 Å². The quantitative estimate of drug-likeness (QED) is 0.0681. The summed E-state index contributed by atoms with van der Waals surface area (Å²) in [5, 5.41) is 0. The molecule has 42 heavy (non-hydrogen) atoms. The minimum Gasteiger partial charge on any atom is -0.377 e. The van der Waals surface area contributed by atoms with Gasteiger partial charge in [-0.1, -0.05) is 44.8 Å². The van der Waals surface area contributed by atoms with Crippen LogP contribution in [-0.4, -0.2) is 131 Å². The van der Waals surface area contributed by atoms with E-state index in [1.165, 1.54) is 25.7 Å². The normalized spacial score (nSPS) is 18.1. The summed E-state index contributed by atoms with van der Waals surface area (Å²) >= 11 is 0. The Bertz CT molecular complexity index is 737. The first-order chi connectivity index (χ1) is 20.3. The smallest absolute Gasteiger partial charge is 0.377 e. The lowest BCUT2D eigenvalue weighted by Gasteiger charge is -2.19. The Balaban J connectivity index is 2.03. The molecule has 3 unspecified atom stereocenters. The summed E-state index contributed by atoms with van der Waals surface area (Å²) in [7, 11) is -4.43. The van der Waals surface area contributed by atoms with Crippen LogP contribution in [0.15, 0.2) is 12.2 Å². The lowest BCUT2D eigenvalue weighted by Crippen LogP contribution is -2.30. The van der Waals surface area contributed by atoms with E-state index in [0.717, 1.165) is 18.4 Å². The maximum absolute atomic E-state index is 10.4. The van der Waals surface area contributed by atoms with E-state index in [-0.39, 0.29) is 38.3 Å². The molecule has 1 N–H and O–H groups in total. The second kappa shape index (κ2) is 26.6. The maximum atomic E-state index is 10.4. The molecule has 0 radical (unpaired) electrons. The van der Waals surface area contributed by atoms with E-state index in [0.29, 0.717) is 79.3 Å². The molecule has 14 heteroatoms. The molecule has 1 aliphatic heterocycles. The van der Waals surface area contributed by atoms with Crippen molar-refractivity contribution in [3.8, 4) is 0 Å². The Morgan fingerprint density at radius 1 is 0.833 bits per heavy atom. The summed E-state index contributed by atoms with van der Waals surface area (Å²) in [4.78, 5) is 0. The zero-order chi connectivity index (χ0) is 30.7. The molecule has 0 aromatic rings. The predicted octanol–water partition coefficient (Wildman–Crippen LogP) is 2.97. The molecule has 0 aromatic heterocycles. The number of ether oxygens (including phenoxy) is 9. The van der Waals surface area contributed by atoms with Gasteiger partial charge in [-0.25, -0.2) is 4.18 Å². The van der Waals surface area contributed by atoms with Gasteiger partial charge in [0.2, 0.25) is 0 Å². The first-order valence-electron chi connectivity index (χ1n) is 14.9. The summed E-state index contributed by atoms with van der Waals surface area (Å²) in [5.41, 5.74) is 0.942. The Labute approximate surface area is 252 Å². The minimum absolute atomic E-state index is 0.0284. The van der Waals surface area contributed by atoms with Crippen molar-refractivity contribution >= 4 is 10.4 Å². The molecule has 1 rings (SSSR count). The standard InChI is InChI=1S/C28H54O13S/c1-4-5-6-7-8-9-28-39-24-27(41-28)23-37-22-26(21-36-20-25(2)3)38-18-16-34-14-12-32-10-11-33-13-15-35-17-19-40-42(29,30)31/h26-28H,2,4-24H2,1,3H3,(H,29,30,31). The summed E-state index contributed by atoms with van der Waals surface area (Å²) < 4.78 is 83.9. The fraction of sp³-hybridized carbons (Fsp3) is 0.929. The van der Waals surface area contributed by atoms with Crippen LogP contribution in [-0.2, 0) is 57.2 Å². The Morgan fingerprint density at radius 2 is 1.40 bits per heavy atom. The van der Waals surface area contributed by atoms with Crippen LogP contribution in [0.5, 0.6) is 0 Å². The Morgan fingerprint density at radius 3 is 2.00 bits per heavy atom. The molecule has 3 atom stereocenters. The van der Waals surface area contributed by atoms with Crippen LogP contribution in [0, 0.1) is 0 Å². The Kier molecular flexibility index (Phi) is 24.9. The fourth-order valence-electron chi connectivity index (χ4n) is 3.73. The molecule has 0 bridgehead atoms. The third-order valence-corrected chi connectivity index (χ3v) is 6.24. The highest BCUT2D eigenvalue weighted by molar-refractivity contribution is 7.80. The van der Waals surface area contributed by atoms with E-state index in [4.69, 9.17) is 47.2 Å². The van der Waals surface area contributed by atoms with E-state index < -0.39 is 10.4 Å². The lowest BCUT2D eigenvalue weighted by molar-refractivity contribution is -0.0977. The van der Waals surface area contributed by atoms with Crippen LogP contribution >= 0.6 is 0 Å². The van der Waals surface area contributed by atoms with Crippen LogP contribution in [0.3, 0.4) is 0 Å². The fourth-order valence-corrected chi connectivity index (χ4v) is 4.01. The van der Waals surface area contributed by atoms with Crippen molar-refractivity contribution in [2.45, 2.75) is 70.9 Å². The molecule has 1 aliphatic rings. The van der Waals surface area contributed by atoms with Gasteiger partial charge in [0.15, 0.2) is 6.29 Å². The van der Waals surface area contributed by atoms with Crippen LogP contribution in [0.1, 0.15) is 52.4 Å². The van der Waals surface area contributed by atoms with Crippen LogP contribution < -0.4 is 0 Å². The average molecular weight is 631 g/mol. The number of hydrogen-bond donors (Lipinski definition) is 1. The van der Waals surface area contributed by atoms with Crippen molar-refractivity contribution < 1.29 is 59.8 Å². The monoisotopic (exact) mass is 630 g/mol. The highest BCUT2D eigenvalue weighted by Gasteiger charge is 2.26. The molecular formula is C28H54O13S. The predicted molar refractivity (Wildman–Crippen MR) is 155 cm³/mol. The third kappa shape index (κ3) is 25.7. The molecule has 0 saturated carbocycles. The molecule has 0 aromatic carbocycles. The van der Waals surface area contributed by atoms with Crippen LogP contribution in [0.4, 0.5) is 0 Å². The number of unbranched alkanes of at least 4 members (excludes halogenated alkanes) is 4. The van der Waals surface area contributed by atoms with Gasteiger partial charge < -0.3 is 42.6 Å². The largest absolute Gasteiger partial charge is 0.397 e. The number of hydrogen-bond acceptors (Lipinski definition) is 12. The zero-order valence-electron chi connectivity index (χ0n) is 25.5. The molecule has 0 aliphatic carbocycles. The Hall–Kier alpha value is -0.750. The van der Waals surface area contributed by atoms with Gasteiger partial charge in [0, 0.05) is 0 Å². The van der Waals surface area contributed by atoms with Crippen LogP contribution in [0.2, 0.25) is 0 Å². The van der Waals surface area contributed by atoms with Crippen LogP contribution in [0.25, 0.3) is 0 Å². The molecule has 1 fully saturated rings. The second-order valence-corrected chi connectivity index (χ2v) is 11.0. The molecule has 1 saturated heterocycles. The maximum Gasteiger partial charge on any atom is 0.397 e. The van der Waals surface area contributed by atoms with E-state index in [9.17, 15) is 8.42 Å². The first kappa shape index (κ1) is 39.3.